The van der Waals surface area contributed by atoms with Gasteiger partial charge in [0.15, 0.2) is 11.5 Å². The van der Waals surface area contributed by atoms with Crippen molar-refractivity contribution in [3.63, 3.8) is 0 Å². The van der Waals surface area contributed by atoms with Gasteiger partial charge in [-0.05, 0) is 142 Å². The number of aryl methyl sites for hydroxylation is 1. The van der Waals surface area contributed by atoms with Crippen LogP contribution in [0.1, 0.15) is 98.1 Å². The lowest BCUT2D eigenvalue weighted by atomic mass is 9.68. The van der Waals surface area contributed by atoms with Gasteiger partial charge in [-0.1, -0.05) is 79.2 Å². The van der Waals surface area contributed by atoms with Crippen LogP contribution >= 0.6 is 0 Å². The number of hydrogen-bond donors (Lipinski definition) is 2. The smallest absolute Gasteiger partial charge is 0.220 e. The fourth-order valence-corrected chi connectivity index (χ4v) is 8.48. The Bertz CT molecular complexity index is 1690. The molecule has 4 aromatic rings. The van der Waals surface area contributed by atoms with Crippen LogP contribution in [-0.4, -0.2) is 57.8 Å². The van der Waals surface area contributed by atoms with Crippen molar-refractivity contribution in [3.05, 3.63) is 131 Å². The normalized spacial score (nSPS) is 15.8. The first kappa shape index (κ1) is 39.5. The van der Waals surface area contributed by atoms with Gasteiger partial charge < -0.3 is 20.1 Å². The largest absolute Gasteiger partial charge is 0.493 e. The van der Waals surface area contributed by atoms with E-state index in [4.69, 9.17) is 9.47 Å². The van der Waals surface area contributed by atoms with Crippen LogP contribution in [0.2, 0.25) is 0 Å². The number of carbonyl (C=O) groups excluding carboxylic acids is 1. The van der Waals surface area contributed by atoms with E-state index in [9.17, 15) is 9.18 Å². The first-order valence-electron chi connectivity index (χ1n) is 20.3. The first-order valence-corrected chi connectivity index (χ1v) is 20.3. The van der Waals surface area contributed by atoms with E-state index in [1.165, 1.54) is 66.6 Å². The molecule has 1 atom stereocenters. The molecule has 0 saturated heterocycles. The molecule has 1 aliphatic heterocycles. The van der Waals surface area contributed by atoms with E-state index in [1.54, 1.807) is 26.4 Å². The van der Waals surface area contributed by atoms with Gasteiger partial charge in [0.2, 0.25) is 5.91 Å². The number of hydrogen-bond acceptors (Lipinski definition) is 5. The number of halogens is 1. The Kier molecular flexibility index (Phi) is 14.6. The maximum absolute atomic E-state index is 13.3. The molecule has 1 unspecified atom stereocenters. The summed E-state index contributed by atoms with van der Waals surface area (Å²) in [6.45, 7) is 4.92. The third-order valence-corrected chi connectivity index (χ3v) is 11.7. The highest BCUT2D eigenvalue weighted by atomic mass is 19.1. The number of methoxy groups -OCH3 is 2. The van der Waals surface area contributed by atoms with E-state index >= 15 is 0 Å². The summed E-state index contributed by atoms with van der Waals surface area (Å²) in [7, 11) is 3.46. The molecule has 0 radical (unpaired) electrons. The molecule has 1 amide bonds. The summed E-state index contributed by atoms with van der Waals surface area (Å²) in [5, 5.41) is 6.86. The third kappa shape index (κ3) is 10.7. The fraction of sp³-hybridized carbons (Fsp3) is 0.468. The van der Waals surface area contributed by atoms with E-state index in [2.05, 4.69) is 88.3 Å². The Hall–Kier alpha value is -4.20. The Morgan fingerprint density at radius 3 is 2.15 bits per heavy atom. The third-order valence-electron chi connectivity index (χ3n) is 11.7. The van der Waals surface area contributed by atoms with Crippen LogP contribution in [0.3, 0.4) is 0 Å². The molecule has 7 heteroatoms. The summed E-state index contributed by atoms with van der Waals surface area (Å²) in [4.78, 5) is 15.6. The molecule has 1 fully saturated rings. The van der Waals surface area contributed by atoms with Crippen LogP contribution in [0.4, 0.5) is 4.39 Å². The Labute approximate surface area is 322 Å². The molecule has 6 rings (SSSR count). The minimum atomic E-state index is -0.256. The number of nitrogens with one attached hydrogen (secondary N) is 2. The first-order chi connectivity index (χ1) is 26.5. The summed E-state index contributed by atoms with van der Waals surface area (Å²) in [6, 6.07) is 33.1. The van der Waals surface area contributed by atoms with Gasteiger partial charge in [0.05, 0.1) is 14.2 Å². The van der Waals surface area contributed by atoms with E-state index in [-0.39, 0.29) is 17.1 Å². The fourth-order valence-electron chi connectivity index (χ4n) is 8.48. The number of amides is 1. The number of fused-ring (bicyclic) bond motifs is 1. The van der Waals surface area contributed by atoms with Gasteiger partial charge in [0.25, 0.3) is 0 Å². The van der Waals surface area contributed by atoms with E-state index in [0.717, 1.165) is 81.1 Å². The molecule has 2 aliphatic rings. The highest BCUT2D eigenvalue weighted by Crippen LogP contribution is 2.43. The van der Waals surface area contributed by atoms with Gasteiger partial charge in [-0.3, -0.25) is 9.69 Å². The average Bonchev–Trinajstić information content (AvgIpc) is 4.05. The predicted molar refractivity (Wildman–Crippen MR) is 217 cm³/mol. The summed E-state index contributed by atoms with van der Waals surface area (Å²) >= 11 is 0. The number of unbranched alkanes of at least 4 members (excludes halogenated alkanes) is 1. The van der Waals surface area contributed by atoms with E-state index in [1.807, 2.05) is 0 Å². The molecule has 2 N–H and O–H groups in total. The Morgan fingerprint density at radius 1 is 0.815 bits per heavy atom. The van der Waals surface area contributed by atoms with E-state index < -0.39 is 0 Å². The Balaban J connectivity index is 1.14. The molecule has 6 nitrogen and oxygen atoms in total. The van der Waals surface area contributed by atoms with Crippen molar-refractivity contribution in [1.29, 1.82) is 0 Å². The number of carbonyl (C=O) groups is 1. The summed E-state index contributed by atoms with van der Waals surface area (Å²) in [5.41, 5.74) is 6.21. The van der Waals surface area contributed by atoms with Crippen LogP contribution in [0, 0.1) is 11.7 Å². The topological polar surface area (TPSA) is 62.8 Å². The van der Waals surface area contributed by atoms with Gasteiger partial charge in [-0.2, -0.15) is 0 Å². The molecule has 0 aromatic heterocycles. The molecule has 1 saturated carbocycles. The van der Waals surface area contributed by atoms with Crippen LogP contribution < -0.4 is 20.1 Å². The lowest BCUT2D eigenvalue weighted by Gasteiger charge is -2.40. The lowest BCUT2D eigenvalue weighted by molar-refractivity contribution is -0.121. The van der Waals surface area contributed by atoms with Gasteiger partial charge >= 0.3 is 0 Å². The molecule has 4 aromatic carbocycles. The maximum atomic E-state index is 13.3. The predicted octanol–water partition coefficient (Wildman–Crippen LogP) is 9.21. The Morgan fingerprint density at radius 2 is 1.48 bits per heavy atom. The van der Waals surface area contributed by atoms with Gasteiger partial charge in [0.1, 0.15) is 5.82 Å². The lowest BCUT2D eigenvalue weighted by Crippen LogP contribution is -2.37. The second-order valence-corrected chi connectivity index (χ2v) is 15.3. The zero-order valence-electron chi connectivity index (χ0n) is 32.5. The second kappa shape index (κ2) is 19.9. The minimum absolute atomic E-state index is 0.0358. The van der Waals surface area contributed by atoms with E-state index in [0.29, 0.717) is 25.4 Å². The summed E-state index contributed by atoms with van der Waals surface area (Å²) in [6.07, 6.45) is 12.1. The SMILES string of the molecule is COc1cc2c(cc1OC)C(CCCCNCC1CC1)N(CCCC(CCCNC(=O)CCc1ccc(F)cc1)(c1ccccc1)c1ccccc1)CC2. The molecule has 54 heavy (non-hydrogen) atoms. The highest BCUT2D eigenvalue weighted by molar-refractivity contribution is 5.76. The minimum Gasteiger partial charge on any atom is -0.493 e. The molecule has 0 spiro atoms. The van der Waals surface area contributed by atoms with Crippen molar-refractivity contribution < 1.29 is 18.7 Å². The molecule has 0 bridgehead atoms. The number of benzene rings is 4. The zero-order valence-corrected chi connectivity index (χ0v) is 32.5. The summed E-state index contributed by atoms with van der Waals surface area (Å²) in [5.74, 6) is 2.31. The molecule has 1 heterocycles. The molecule has 288 valence electrons. The van der Waals surface area contributed by atoms with Crippen LogP contribution in [0.15, 0.2) is 97.1 Å². The van der Waals surface area contributed by atoms with Crippen molar-refractivity contribution >= 4 is 5.91 Å². The monoisotopic (exact) mass is 733 g/mol. The molecular weight excluding hydrogens is 674 g/mol. The zero-order chi connectivity index (χ0) is 37.6. The second-order valence-electron chi connectivity index (χ2n) is 15.3. The van der Waals surface area contributed by atoms with Crippen molar-refractivity contribution in [3.8, 4) is 11.5 Å². The van der Waals surface area contributed by atoms with Gasteiger partial charge in [-0.25, -0.2) is 4.39 Å². The van der Waals surface area contributed by atoms with Gasteiger partial charge in [-0.15, -0.1) is 0 Å². The quantitative estimate of drug-likeness (QED) is 0.0790. The molecular formula is C47H60FN3O3. The average molecular weight is 734 g/mol. The van der Waals surface area contributed by atoms with Gasteiger partial charge in [0, 0.05) is 31.0 Å². The van der Waals surface area contributed by atoms with Crippen LogP contribution in [-0.2, 0) is 23.1 Å². The van der Waals surface area contributed by atoms with Crippen molar-refractivity contribution in [2.45, 2.75) is 88.5 Å². The van der Waals surface area contributed by atoms with Crippen LogP contribution in [0.25, 0.3) is 0 Å². The standard InChI is InChI=1S/C47H60FN3O3/c1-53-44-33-38-26-32-51(43(42(38)34-45(44)54-2)17-9-10-29-49-35-37-18-19-37)31-12-28-47(39-13-5-3-6-14-39,40-15-7-4-8-16-40)27-11-30-50-46(52)25-22-36-20-23-41(48)24-21-36/h3-8,13-16,20-21,23-24,33-34,37,43,49H,9-12,17-19,22,25-32,35H2,1-2H3,(H,50,52). The number of rotatable bonds is 22. The molecule has 1 aliphatic carbocycles. The number of ether oxygens (including phenoxy) is 2. The van der Waals surface area contributed by atoms with Crippen LogP contribution in [0.5, 0.6) is 11.5 Å². The number of nitrogens with zero attached hydrogens (tertiary/aromatic N) is 1. The maximum Gasteiger partial charge on any atom is 0.220 e. The van der Waals surface area contributed by atoms with Crippen molar-refractivity contribution in [2.75, 3.05) is 46.9 Å². The van der Waals surface area contributed by atoms with Crippen molar-refractivity contribution in [2.24, 2.45) is 5.92 Å². The van der Waals surface area contributed by atoms with Crippen molar-refractivity contribution in [1.82, 2.24) is 15.5 Å². The summed E-state index contributed by atoms with van der Waals surface area (Å²) < 4.78 is 24.8. The highest BCUT2D eigenvalue weighted by Gasteiger charge is 2.35.